The summed E-state index contributed by atoms with van der Waals surface area (Å²) in [4.78, 5) is 26.0. The minimum Gasteiger partial charge on any atom is -0.469 e. The summed E-state index contributed by atoms with van der Waals surface area (Å²) in [6.07, 6.45) is 2.21. The van der Waals surface area contributed by atoms with Crippen LogP contribution in [0.4, 0.5) is 0 Å². The number of carbonyl (C=O) groups is 2. The first kappa shape index (κ1) is 17.3. The summed E-state index contributed by atoms with van der Waals surface area (Å²) in [6.45, 7) is 2.19. The predicted octanol–water partition coefficient (Wildman–Crippen LogP) is 2.34. The molecule has 9 heteroatoms. The molecule has 0 saturated carbocycles. The van der Waals surface area contributed by atoms with Crippen molar-refractivity contribution in [2.24, 2.45) is 0 Å². The van der Waals surface area contributed by atoms with Crippen LogP contribution in [0.25, 0.3) is 11.4 Å². The third-order valence-corrected chi connectivity index (χ3v) is 5.43. The number of hydrogen-bond donors (Lipinski definition) is 1. The molecule has 0 radical (unpaired) electrons. The largest absolute Gasteiger partial charge is 0.469 e. The molecule has 138 valence electrons. The quantitative estimate of drug-likeness (QED) is 0.301. The van der Waals surface area contributed by atoms with Crippen molar-refractivity contribution in [3.63, 3.8) is 0 Å². The highest BCUT2D eigenvalue weighted by molar-refractivity contribution is 7.99. The number of benzene rings is 1. The maximum atomic E-state index is 12.3. The first-order chi connectivity index (χ1) is 13.1. The van der Waals surface area contributed by atoms with E-state index in [1.165, 1.54) is 21.3 Å². The lowest BCUT2D eigenvalue weighted by Crippen LogP contribution is -2.31. The van der Waals surface area contributed by atoms with Gasteiger partial charge >= 0.3 is 0 Å². The van der Waals surface area contributed by atoms with Crippen molar-refractivity contribution < 1.29 is 14.0 Å². The van der Waals surface area contributed by atoms with E-state index < -0.39 is 0 Å². The van der Waals surface area contributed by atoms with Gasteiger partial charge in [0, 0.05) is 12.3 Å². The summed E-state index contributed by atoms with van der Waals surface area (Å²) in [5, 5.41) is 8.78. The molecule has 1 aliphatic rings. The van der Waals surface area contributed by atoms with E-state index in [0.717, 1.165) is 11.3 Å². The number of rotatable bonds is 6. The lowest BCUT2D eigenvalue weighted by Gasteiger charge is -2.13. The summed E-state index contributed by atoms with van der Waals surface area (Å²) in [6, 6.07) is 8.67. The van der Waals surface area contributed by atoms with Gasteiger partial charge in [-0.3, -0.25) is 14.5 Å². The molecule has 2 N–H and O–H groups in total. The van der Waals surface area contributed by atoms with Crippen LogP contribution in [0, 0.1) is 6.92 Å². The lowest BCUT2D eigenvalue weighted by atomic mass is 10.1. The second kappa shape index (κ2) is 6.92. The van der Waals surface area contributed by atoms with Gasteiger partial charge in [0.25, 0.3) is 11.8 Å². The second-order valence-electron chi connectivity index (χ2n) is 6.08. The van der Waals surface area contributed by atoms with Crippen molar-refractivity contribution in [1.82, 2.24) is 19.8 Å². The van der Waals surface area contributed by atoms with Crippen LogP contribution in [0.1, 0.15) is 32.9 Å². The average molecular weight is 383 g/mol. The number of imide groups is 1. The van der Waals surface area contributed by atoms with E-state index >= 15 is 0 Å². The monoisotopic (exact) mass is 383 g/mol. The summed E-state index contributed by atoms with van der Waals surface area (Å²) in [5.41, 5.74) is 1.73. The molecule has 8 nitrogen and oxygen atoms in total. The molecular weight excluding hydrogens is 366 g/mol. The number of nitrogens with zero attached hydrogens (tertiary/aromatic N) is 4. The summed E-state index contributed by atoms with van der Waals surface area (Å²) >= 11 is 1.43. The molecule has 0 aliphatic carbocycles. The van der Waals surface area contributed by atoms with Crippen molar-refractivity contribution >= 4 is 23.6 Å². The van der Waals surface area contributed by atoms with Gasteiger partial charge in [0.05, 0.1) is 23.0 Å². The fourth-order valence-electron chi connectivity index (χ4n) is 3.00. The van der Waals surface area contributed by atoms with Gasteiger partial charge in [-0.1, -0.05) is 23.9 Å². The minimum absolute atomic E-state index is 0.236. The summed E-state index contributed by atoms with van der Waals surface area (Å²) < 4.78 is 6.69. The van der Waals surface area contributed by atoms with E-state index in [1.807, 2.05) is 6.92 Å². The van der Waals surface area contributed by atoms with Crippen LogP contribution < -0.4 is 5.84 Å². The van der Waals surface area contributed by atoms with Gasteiger partial charge in [-0.2, -0.15) is 0 Å². The van der Waals surface area contributed by atoms with Crippen molar-refractivity contribution in [3.05, 3.63) is 53.5 Å². The van der Waals surface area contributed by atoms with Crippen LogP contribution in [0.5, 0.6) is 0 Å². The Balaban J connectivity index is 1.35. The molecule has 4 rings (SSSR count). The predicted molar refractivity (Wildman–Crippen MR) is 99.8 cm³/mol. The van der Waals surface area contributed by atoms with Crippen molar-refractivity contribution in [3.8, 4) is 11.4 Å². The smallest absolute Gasteiger partial charge is 0.261 e. The molecular formula is C18H17N5O3S. The number of nitrogens with two attached hydrogens (primary N) is 1. The third kappa shape index (κ3) is 2.99. The molecule has 2 amide bonds. The van der Waals surface area contributed by atoms with Gasteiger partial charge in [0.1, 0.15) is 5.76 Å². The van der Waals surface area contributed by atoms with Gasteiger partial charge in [0.15, 0.2) is 5.82 Å². The zero-order valence-electron chi connectivity index (χ0n) is 14.6. The maximum Gasteiger partial charge on any atom is 0.261 e. The van der Waals surface area contributed by atoms with Gasteiger partial charge in [-0.15, -0.1) is 10.2 Å². The normalized spacial score (nSPS) is 13.4. The molecule has 0 bridgehead atoms. The summed E-state index contributed by atoms with van der Waals surface area (Å²) in [7, 11) is 0. The Morgan fingerprint density at radius 2 is 1.78 bits per heavy atom. The van der Waals surface area contributed by atoms with E-state index in [9.17, 15) is 9.59 Å². The van der Waals surface area contributed by atoms with E-state index in [1.54, 1.807) is 36.6 Å². The molecule has 2 aromatic heterocycles. The van der Waals surface area contributed by atoms with E-state index in [0.29, 0.717) is 40.8 Å². The fraction of sp³-hybridized carbons (Fsp3) is 0.222. The first-order valence-electron chi connectivity index (χ1n) is 8.41. The highest BCUT2D eigenvalue weighted by Gasteiger charge is 2.34. The number of hydrogen-bond acceptors (Lipinski definition) is 7. The minimum atomic E-state index is -0.236. The highest BCUT2D eigenvalue weighted by Crippen LogP contribution is 2.26. The Kier molecular flexibility index (Phi) is 4.44. The molecule has 0 atom stereocenters. The number of carbonyl (C=O) groups excluding carboxylic acids is 2. The SMILES string of the molecule is Cc1occc1-c1nnc(SCCCN2C(=O)c3ccccc3C2=O)n1N. The van der Waals surface area contributed by atoms with Crippen LogP contribution in [-0.4, -0.2) is 43.9 Å². The Bertz CT molecular complexity index is 991. The molecule has 3 aromatic rings. The van der Waals surface area contributed by atoms with Crippen molar-refractivity contribution in [2.45, 2.75) is 18.5 Å². The van der Waals surface area contributed by atoms with E-state index in [2.05, 4.69) is 10.2 Å². The van der Waals surface area contributed by atoms with Crippen LogP contribution in [-0.2, 0) is 0 Å². The number of furan rings is 1. The number of amides is 2. The average Bonchev–Trinajstić information content (AvgIpc) is 3.32. The molecule has 0 unspecified atom stereocenters. The van der Waals surface area contributed by atoms with E-state index in [-0.39, 0.29) is 11.8 Å². The number of aryl methyl sites for hydroxylation is 1. The molecule has 0 spiro atoms. The van der Waals surface area contributed by atoms with Crippen LogP contribution >= 0.6 is 11.8 Å². The molecule has 0 saturated heterocycles. The molecule has 0 fully saturated rings. The zero-order valence-corrected chi connectivity index (χ0v) is 15.4. The van der Waals surface area contributed by atoms with Crippen LogP contribution in [0.15, 0.2) is 46.2 Å². The molecule has 27 heavy (non-hydrogen) atoms. The standard InChI is InChI=1S/C18H17N5O3S/c1-11-12(7-9-26-11)15-20-21-18(23(15)19)27-10-4-8-22-16(24)13-5-2-3-6-14(13)17(22)25/h2-3,5-7,9H,4,8,10,19H2,1H3. The van der Waals surface area contributed by atoms with E-state index in [4.69, 9.17) is 10.3 Å². The molecule has 1 aliphatic heterocycles. The topological polar surface area (TPSA) is 107 Å². The van der Waals surface area contributed by atoms with Crippen LogP contribution in [0.2, 0.25) is 0 Å². The second-order valence-corrected chi connectivity index (χ2v) is 7.14. The van der Waals surface area contributed by atoms with Gasteiger partial charge in [0.2, 0.25) is 5.16 Å². The third-order valence-electron chi connectivity index (χ3n) is 4.40. The van der Waals surface area contributed by atoms with Crippen molar-refractivity contribution in [1.29, 1.82) is 0 Å². The number of nitrogen functional groups attached to an aromatic ring is 1. The highest BCUT2D eigenvalue weighted by atomic mass is 32.2. The first-order valence-corrected chi connectivity index (χ1v) is 9.39. The number of fused-ring (bicyclic) bond motifs is 1. The molecule has 1 aromatic carbocycles. The van der Waals surface area contributed by atoms with Crippen LogP contribution in [0.3, 0.4) is 0 Å². The Labute approximate surface area is 159 Å². The fourth-order valence-corrected chi connectivity index (χ4v) is 3.78. The zero-order chi connectivity index (χ0) is 19.0. The number of aromatic nitrogens is 3. The Morgan fingerprint density at radius 3 is 2.41 bits per heavy atom. The van der Waals surface area contributed by atoms with Gasteiger partial charge < -0.3 is 10.3 Å². The van der Waals surface area contributed by atoms with Crippen molar-refractivity contribution in [2.75, 3.05) is 18.1 Å². The lowest BCUT2D eigenvalue weighted by molar-refractivity contribution is 0.0655. The Hall–Kier alpha value is -3.07. The number of thioether (sulfide) groups is 1. The molecule has 3 heterocycles. The Morgan fingerprint density at radius 1 is 1.07 bits per heavy atom. The maximum absolute atomic E-state index is 12.3. The van der Waals surface area contributed by atoms with Gasteiger partial charge in [-0.25, -0.2) is 4.68 Å². The van der Waals surface area contributed by atoms with Gasteiger partial charge in [-0.05, 0) is 31.5 Å². The summed E-state index contributed by atoms with van der Waals surface area (Å²) in [5.74, 6) is 7.50.